The van der Waals surface area contributed by atoms with Gasteiger partial charge in [0.25, 0.3) is 0 Å². The summed E-state index contributed by atoms with van der Waals surface area (Å²) in [6.45, 7) is 0. The molecule has 5 N–H and O–H groups in total. The first-order valence-electron chi connectivity index (χ1n) is 9.88. The average Bonchev–Trinajstić information content (AvgIpc) is 3.25. The zero-order chi connectivity index (χ0) is 25.2. The standard InChI is InChI=1S/C21H16ClF3N8O2/c1-26-19(34)31-18-17-16(27-9-28-18)15(32-33-17)10-2-4-11(5-3-10)29-20(35)30-12-6-7-14(22)13(8-12)21(23,24)25/h2-9H,1H3,(H,32,33)(H2,29,30,35)(H2,26,27,28,31,34). The summed E-state index contributed by atoms with van der Waals surface area (Å²) in [6, 6.07) is 8.39. The number of carbonyl (C=O) groups excluding carboxylic acids is 2. The molecule has 14 heteroatoms. The molecule has 0 atom stereocenters. The SMILES string of the molecule is CNC(=O)Nc1ncnc2c(-c3ccc(NC(=O)Nc4ccc(Cl)c(C(F)(F)F)c4)cc3)n[nH]c12. The summed E-state index contributed by atoms with van der Waals surface area (Å²) in [7, 11) is 1.47. The molecule has 0 aliphatic carbocycles. The van der Waals surface area contributed by atoms with Crippen LogP contribution in [0.4, 0.5) is 40.0 Å². The lowest BCUT2D eigenvalue weighted by Gasteiger charge is -2.12. The highest BCUT2D eigenvalue weighted by Crippen LogP contribution is 2.36. The predicted octanol–water partition coefficient (Wildman–Crippen LogP) is 5.09. The van der Waals surface area contributed by atoms with Gasteiger partial charge in [-0.15, -0.1) is 0 Å². The largest absolute Gasteiger partial charge is 0.417 e. The summed E-state index contributed by atoms with van der Waals surface area (Å²) < 4.78 is 39.0. The number of benzene rings is 2. The maximum atomic E-state index is 13.0. The molecule has 2 heterocycles. The third kappa shape index (κ3) is 5.24. The molecule has 0 unspecified atom stereocenters. The van der Waals surface area contributed by atoms with Crippen LogP contribution in [0.25, 0.3) is 22.3 Å². The zero-order valence-electron chi connectivity index (χ0n) is 17.8. The van der Waals surface area contributed by atoms with Crippen LogP contribution in [0.1, 0.15) is 5.56 Å². The smallest absolute Gasteiger partial charge is 0.341 e. The number of hydrogen-bond acceptors (Lipinski definition) is 5. The van der Waals surface area contributed by atoms with E-state index in [9.17, 15) is 22.8 Å². The van der Waals surface area contributed by atoms with Crippen molar-refractivity contribution in [2.45, 2.75) is 6.18 Å². The fraction of sp³-hybridized carbons (Fsp3) is 0.0952. The molecule has 0 aliphatic rings. The second kappa shape index (κ2) is 9.46. The first-order valence-corrected chi connectivity index (χ1v) is 10.3. The van der Waals surface area contributed by atoms with Gasteiger partial charge in [-0.2, -0.15) is 18.3 Å². The number of H-pyrrole nitrogens is 1. The van der Waals surface area contributed by atoms with Crippen LogP contribution < -0.4 is 21.3 Å². The minimum atomic E-state index is -4.65. The number of halogens is 4. The molecule has 0 radical (unpaired) electrons. The van der Waals surface area contributed by atoms with Crippen LogP contribution in [-0.2, 0) is 6.18 Å². The number of fused-ring (bicyclic) bond motifs is 1. The van der Waals surface area contributed by atoms with Crippen LogP contribution in [0, 0.1) is 0 Å². The molecular weight excluding hydrogens is 489 g/mol. The molecule has 0 aliphatic heterocycles. The lowest BCUT2D eigenvalue weighted by atomic mass is 10.1. The molecular formula is C21H16ClF3N8O2. The van der Waals surface area contributed by atoms with Gasteiger partial charge in [0.15, 0.2) is 5.82 Å². The number of amides is 4. The Labute approximate surface area is 200 Å². The van der Waals surface area contributed by atoms with E-state index in [1.807, 2.05) is 0 Å². The van der Waals surface area contributed by atoms with Crippen molar-refractivity contribution in [1.82, 2.24) is 25.5 Å². The van der Waals surface area contributed by atoms with E-state index in [4.69, 9.17) is 11.6 Å². The van der Waals surface area contributed by atoms with Gasteiger partial charge in [-0.05, 0) is 30.3 Å². The topological polar surface area (TPSA) is 137 Å². The number of nitrogens with one attached hydrogen (secondary N) is 5. The Kier molecular flexibility index (Phi) is 6.42. The fourth-order valence-corrected chi connectivity index (χ4v) is 3.35. The van der Waals surface area contributed by atoms with Gasteiger partial charge in [-0.1, -0.05) is 23.7 Å². The van der Waals surface area contributed by atoms with Crippen LogP contribution in [0.3, 0.4) is 0 Å². The molecule has 2 aromatic carbocycles. The molecule has 0 spiro atoms. The van der Waals surface area contributed by atoms with E-state index in [1.165, 1.54) is 19.4 Å². The van der Waals surface area contributed by atoms with Crippen molar-refractivity contribution < 1.29 is 22.8 Å². The van der Waals surface area contributed by atoms with E-state index in [2.05, 4.69) is 41.4 Å². The molecule has 35 heavy (non-hydrogen) atoms. The quantitative estimate of drug-likeness (QED) is 0.264. The summed E-state index contributed by atoms with van der Waals surface area (Å²) in [5.74, 6) is 0.249. The van der Waals surface area contributed by atoms with Crippen molar-refractivity contribution in [1.29, 1.82) is 0 Å². The molecule has 4 amide bonds. The molecule has 0 saturated carbocycles. The molecule has 2 aromatic heterocycles. The fourth-order valence-electron chi connectivity index (χ4n) is 3.13. The van der Waals surface area contributed by atoms with Gasteiger partial charge in [-0.25, -0.2) is 19.6 Å². The third-order valence-electron chi connectivity index (χ3n) is 4.76. The van der Waals surface area contributed by atoms with E-state index in [-0.39, 0.29) is 11.5 Å². The van der Waals surface area contributed by atoms with Crippen LogP contribution in [0.5, 0.6) is 0 Å². The van der Waals surface area contributed by atoms with Gasteiger partial charge in [0.05, 0.1) is 10.6 Å². The Balaban J connectivity index is 1.48. The molecule has 0 bridgehead atoms. The van der Waals surface area contributed by atoms with E-state index < -0.39 is 28.8 Å². The van der Waals surface area contributed by atoms with Crippen molar-refractivity contribution in [2.75, 3.05) is 23.0 Å². The van der Waals surface area contributed by atoms with Crippen LogP contribution in [-0.4, -0.2) is 39.3 Å². The average molecular weight is 505 g/mol. The van der Waals surface area contributed by atoms with E-state index in [0.717, 1.165) is 12.1 Å². The minimum absolute atomic E-state index is 0.0697. The molecule has 0 saturated heterocycles. The first kappa shape index (κ1) is 23.8. The highest BCUT2D eigenvalue weighted by Gasteiger charge is 2.33. The maximum absolute atomic E-state index is 13.0. The third-order valence-corrected chi connectivity index (χ3v) is 5.09. The van der Waals surface area contributed by atoms with Gasteiger partial charge >= 0.3 is 18.2 Å². The van der Waals surface area contributed by atoms with Crippen LogP contribution in [0.2, 0.25) is 5.02 Å². The van der Waals surface area contributed by atoms with E-state index >= 15 is 0 Å². The molecule has 4 rings (SSSR count). The second-order valence-electron chi connectivity index (χ2n) is 7.07. The van der Waals surface area contributed by atoms with Crippen molar-refractivity contribution in [3.05, 3.63) is 59.4 Å². The van der Waals surface area contributed by atoms with Gasteiger partial charge in [0, 0.05) is 24.0 Å². The summed E-state index contributed by atoms with van der Waals surface area (Å²) in [5, 5.41) is 16.4. The van der Waals surface area contributed by atoms with Crippen molar-refractivity contribution in [3.63, 3.8) is 0 Å². The van der Waals surface area contributed by atoms with Gasteiger partial charge in [0.1, 0.15) is 23.1 Å². The lowest BCUT2D eigenvalue weighted by Crippen LogP contribution is -2.25. The summed E-state index contributed by atoms with van der Waals surface area (Å²) in [5.41, 5.74) is 1.29. The molecule has 4 aromatic rings. The van der Waals surface area contributed by atoms with Gasteiger partial charge in [0.2, 0.25) is 0 Å². The Hall–Kier alpha value is -4.39. The van der Waals surface area contributed by atoms with Gasteiger partial charge in [-0.3, -0.25) is 10.4 Å². The monoisotopic (exact) mass is 504 g/mol. The normalized spacial score (nSPS) is 11.2. The molecule has 180 valence electrons. The van der Waals surface area contributed by atoms with E-state index in [1.54, 1.807) is 24.3 Å². The Morgan fingerprint density at radius 2 is 1.63 bits per heavy atom. The van der Waals surface area contributed by atoms with Crippen molar-refractivity contribution >= 4 is 51.9 Å². The zero-order valence-corrected chi connectivity index (χ0v) is 18.5. The number of aromatic nitrogens is 4. The van der Waals surface area contributed by atoms with Crippen LogP contribution >= 0.6 is 11.6 Å². The number of rotatable bonds is 4. The number of alkyl halides is 3. The minimum Gasteiger partial charge on any atom is -0.341 e. The van der Waals surface area contributed by atoms with Gasteiger partial charge < -0.3 is 16.0 Å². The highest BCUT2D eigenvalue weighted by atomic mass is 35.5. The Bertz CT molecular complexity index is 1410. The number of nitrogens with zero attached hydrogens (tertiary/aromatic N) is 3. The lowest BCUT2D eigenvalue weighted by molar-refractivity contribution is -0.137. The predicted molar refractivity (Wildman–Crippen MR) is 124 cm³/mol. The van der Waals surface area contributed by atoms with Crippen molar-refractivity contribution in [2.24, 2.45) is 0 Å². The summed E-state index contributed by atoms with van der Waals surface area (Å²) >= 11 is 5.59. The van der Waals surface area contributed by atoms with Crippen molar-refractivity contribution in [3.8, 4) is 11.3 Å². The van der Waals surface area contributed by atoms with E-state index in [0.29, 0.717) is 28.0 Å². The Morgan fingerprint density at radius 3 is 2.31 bits per heavy atom. The molecule has 10 nitrogen and oxygen atoms in total. The maximum Gasteiger partial charge on any atom is 0.417 e. The highest BCUT2D eigenvalue weighted by molar-refractivity contribution is 6.31. The summed E-state index contributed by atoms with van der Waals surface area (Å²) in [4.78, 5) is 32.1. The second-order valence-corrected chi connectivity index (χ2v) is 7.48. The van der Waals surface area contributed by atoms with Crippen LogP contribution in [0.15, 0.2) is 48.8 Å². The Morgan fingerprint density at radius 1 is 0.943 bits per heavy atom. The number of anilines is 3. The summed E-state index contributed by atoms with van der Waals surface area (Å²) in [6.07, 6.45) is -3.37. The first-order chi connectivity index (χ1) is 16.7. The number of carbonyl (C=O) groups is 2. The number of urea groups is 2. The number of aromatic amines is 1. The molecule has 0 fully saturated rings. The number of hydrogen-bond donors (Lipinski definition) is 5.